The number of nitrogens with one attached hydrogen (secondary N) is 1. The molecule has 3 aromatic rings. The van der Waals surface area contributed by atoms with Crippen molar-refractivity contribution in [2.75, 3.05) is 12.4 Å². The van der Waals surface area contributed by atoms with Gasteiger partial charge in [0.25, 0.3) is 0 Å². The van der Waals surface area contributed by atoms with E-state index in [1.165, 1.54) is 22.4 Å². The highest BCUT2D eigenvalue weighted by atomic mass is 35.5. The minimum Gasteiger partial charge on any atom is -0.496 e. The van der Waals surface area contributed by atoms with Gasteiger partial charge in [0.2, 0.25) is 0 Å². The zero-order valence-corrected chi connectivity index (χ0v) is 14.2. The largest absolute Gasteiger partial charge is 0.496 e. The molecule has 0 aliphatic carbocycles. The van der Waals surface area contributed by atoms with Crippen molar-refractivity contribution in [1.82, 2.24) is 0 Å². The van der Waals surface area contributed by atoms with Crippen LogP contribution < -0.4 is 10.1 Å². The quantitative estimate of drug-likeness (QED) is 0.660. The number of fused-ring (bicyclic) bond motifs is 1. The molecule has 1 unspecified atom stereocenters. The highest BCUT2D eigenvalue weighted by molar-refractivity contribution is 6.30. The number of hydrogen-bond donors (Lipinski definition) is 1. The Hall–Kier alpha value is -2.45. The van der Waals surface area contributed by atoms with E-state index in [2.05, 4.69) is 47.8 Å². The number of methoxy groups -OCH3 is 1. The summed E-state index contributed by atoms with van der Waals surface area (Å²) >= 11 is 6.19. The van der Waals surface area contributed by atoms with Crippen LogP contribution in [-0.2, 0) is 6.42 Å². The molecule has 0 radical (unpaired) electrons. The molecule has 4 rings (SSSR count). The summed E-state index contributed by atoms with van der Waals surface area (Å²) in [5.41, 5.74) is 6.09. The van der Waals surface area contributed by atoms with Gasteiger partial charge in [-0.2, -0.15) is 0 Å². The third kappa shape index (κ3) is 2.74. The zero-order valence-electron chi connectivity index (χ0n) is 13.4. The van der Waals surface area contributed by atoms with Gasteiger partial charge in [-0.3, -0.25) is 0 Å². The lowest BCUT2D eigenvalue weighted by Gasteiger charge is -2.16. The van der Waals surface area contributed by atoms with Crippen LogP contribution in [0, 0.1) is 0 Å². The van der Waals surface area contributed by atoms with Gasteiger partial charge in [0.05, 0.1) is 13.2 Å². The third-order valence-electron chi connectivity index (χ3n) is 4.53. The lowest BCUT2D eigenvalue weighted by atomic mass is 9.98. The first-order valence-electron chi connectivity index (χ1n) is 8.03. The van der Waals surface area contributed by atoms with Crippen LogP contribution in [0.3, 0.4) is 0 Å². The maximum absolute atomic E-state index is 6.19. The number of ether oxygens (including phenoxy) is 1. The van der Waals surface area contributed by atoms with Crippen molar-refractivity contribution in [3.8, 4) is 16.9 Å². The minimum atomic E-state index is 0.180. The van der Waals surface area contributed by atoms with E-state index in [1.807, 2.05) is 24.3 Å². The summed E-state index contributed by atoms with van der Waals surface area (Å²) in [6, 6.07) is 23.0. The van der Waals surface area contributed by atoms with Crippen molar-refractivity contribution in [1.29, 1.82) is 0 Å². The fourth-order valence-electron chi connectivity index (χ4n) is 3.34. The van der Waals surface area contributed by atoms with Crippen molar-refractivity contribution in [2.24, 2.45) is 0 Å². The Morgan fingerprint density at radius 2 is 1.79 bits per heavy atom. The molecule has 0 saturated heterocycles. The first-order valence-corrected chi connectivity index (χ1v) is 8.41. The van der Waals surface area contributed by atoms with Gasteiger partial charge in [-0.25, -0.2) is 0 Å². The summed E-state index contributed by atoms with van der Waals surface area (Å²) in [4.78, 5) is 0. The highest BCUT2D eigenvalue weighted by Crippen LogP contribution is 2.40. The Bertz CT molecular complexity index is 876. The Kier molecular flexibility index (Phi) is 3.91. The van der Waals surface area contributed by atoms with Gasteiger partial charge >= 0.3 is 0 Å². The molecule has 0 saturated carbocycles. The topological polar surface area (TPSA) is 21.3 Å². The standard InChI is InChI=1S/C21H18ClNO/c1-24-21-10-8-17(22)13-18(21)20-12-16-11-15(7-9-19(16)23-20)14-5-3-2-4-6-14/h2-11,13,20,23H,12H2,1H3. The van der Waals surface area contributed by atoms with E-state index in [4.69, 9.17) is 16.3 Å². The lowest BCUT2D eigenvalue weighted by molar-refractivity contribution is 0.407. The second-order valence-electron chi connectivity index (χ2n) is 6.03. The zero-order chi connectivity index (χ0) is 16.5. The van der Waals surface area contributed by atoms with Gasteiger partial charge in [-0.15, -0.1) is 0 Å². The van der Waals surface area contributed by atoms with Crippen molar-refractivity contribution in [3.63, 3.8) is 0 Å². The van der Waals surface area contributed by atoms with E-state index in [1.54, 1.807) is 7.11 Å². The summed E-state index contributed by atoms with van der Waals surface area (Å²) < 4.78 is 5.51. The summed E-state index contributed by atoms with van der Waals surface area (Å²) in [5.74, 6) is 0.869. The van der Waals surface area contributed by atoms with Crippen LogP contribution in [0.15, 0.2) is 66.7 Å². The van der Waals surface area contributed by atoms with Crippen LogP contribution in [0.25, 0.3) is 11.1 Å². The number of anilines is 1. The molecule has 1 aliphatic rings. The van der Waals surface area contributed by atoms with Crippen molar-refractivity contribution < 1.29 is 4.74 Å². The monoisotopic (exact) mass is 335 g/mol. The molecule has 0 fully saturated rings. The SMILES string of the molecule is COc1ccc(Cl)cc1C1Cc2cc(-c3ccccc3)ccc2N1. The number of hydrogen-bond acceptors (Lipinski definition) is 2. The average molecular weight is 336 g/mol. The van der Waals surface area contributed by atoms with Crippen LogP contribution in [0.5, 0.6) is 5.75 Å². The van der Waals surface area contributed by atoms with Crippen LogP contribution in [0.4, 0.5) is 5.69 Å². The van der Waals surface area contributed by atoms with Crippen LogP contribution in [-0.4, -0.2) is 7.11 Å². The van der Waals surface area contributed by atoms with Gasteiger partial charge in [0, 0.05) is 16.3 Å². The van der Waals surface area contributed by atoms with Gasteiger partial charge in [-0.1, -0.05) is 48.0 Å². The highest BCUT2D eigenvalue weighted by Gasteiger charge is 2.25. The van der Waals surface area contributed by atoms with Gasteiger partial charge in [0.15, 0.2) is 0 Å². The van der Waals surface area contributed by atoms with Crippen molar-refractivity contribution in [2.45, 2.75) is 12.5 Å². The minimum absolute atomic E-state index is 0.180. The smallest absolute Gasteiger partial charge is 0.124 e. The molecule has 0 aromatic heterocycles. The second kappa shape index (κ2) is 6.21. The van der Waals surface area contributed by atoms with E-state index >= 15 is 0 Å². The van der Waals surface area contributed by atoms with Crippen molar-refractivity contribution >= 4 is 17.3 Å². The van der Waals surface area contributed by atoms with Gasteiger partial charge in [0.1, 0.15) is 5.75 Å². The Balaban J connectivity index is 1.66. The lowest BCUT2D eigenvalue weighted by Crippen LogP contribution is -2.07. The molecule has 0 spiro atoms. The normalized spacial score (nSPS) is 15.7. The number of benzene rings is 3. The molecule has 3 aromatic carbocycles. The van der Waals surface area contributed by atoms with E-state index in [0.717, 1.165) is 22.8 Å². The van der Waals surface area contributed by atoms with Gasteiger partial charge in [-0.05, 0) is 53.4 Å². The third-order valence-corrected chi connectivity index (χ3v) is 4.77. The fraction of sp³-hybridized carbons (Fsp3) is 0.143. The molecule has 1 N–H and O–H groups in total. The maximum atomic E-state index is 6.19. The summed E-state index contributed by atoms with van der Waals surface area (Å²) in [5, 5.41) is 4.32. The van der Waals surface area contributed by atoms with Crippen LogP contribution >= 0.6 is 11.6 Å². The Morgan fingerprint density at radius 1 is 0.958 bits per heavy atom. The Labute approximate surface area is 147 Å². The summed E-state index contributed by atoms with van der Waals surface area (Å²) in [7, 11) is 1.70. The number of rotatable bonds is 3. The molecular weight excluding hydrogens is 318 g/mol. The van der Waals surface area contributed by atoms with Crippen LogP contribution in [0.2, 0.25) is 5.02 Å². The van der Waals surface area contributed by atoms with Crippen molar-refractivity contribution in [3.05, 3.63) is 82.9 Å². The van der Waals surface area contributed by atoms with Crippen LogP contribution in [0.1, 0.15) is 17.2 Å². The molecule has 0 amide bonds. The summed E-state index contributed by atoms with van der Waals surface area (Å²) in [6.45, 7) is 0. The molecule has 2 nitrogen and oxygen atoms in total. The fourth-order valence-corrected chi connectivity index (χ4v) is 3.52. The molecule has 120 valence electrons. The molecule has 0 bridgehead atoms. The number of halogens is 1. The van der Waals surface area contributed by atoms with Gasteiger partial charge < -0.3 is 10.1 Å². The molecule has 24 heavy (non-hydrogen) atoms. The first kappa shape index (κ1) is 15.1. The van der Waals surface area contributed by atoms with E-state index in [9.17, 15) is 0 Å². The van der Waals surface area contributed by atoms with E-state index in [-0.39, 0.29) is 6.04 Å². The average Bonchev–Trinajstić information content (AvgIpc) is 3.05. The molecular formula is C21H18ClNO. The van der Waals surface area contributed by atoms with E-state index in [0.29, 0.717) is 0 Å². The molecule has 1 atom stereocenters. The first-order chi connectivity index (χ1) is 11.7. The predicted molar refractivity (Wildman–Crippen MR) is 99.9 cm³/mol. The predicted octanol–water partition coefficient (Wildman–Crippen LogP) is 5.72. The van der Waals surface area contributed by atoms with E-state index < -0.39 is 0 Å². The Morgan fingerprint density at radius 3 is 2.58 bits per heavy atom. The molecule has 1 heterocycles. The molecule has 1 aliphatic heterocycles. The second-order valence-corrected chi connectivity index (χ2v) is 6.46. The summed E-state index contributed by atoms with van der Waals surface area (Å²) in [6.07, 6.45) is 0.923. The molecule has 3 heteroatoms. The maximum Gasteiger partial charge on any atom is 0.124 e.